The predicted octanol–water partition coefficient (Wildman–Crippen LogP) is 1.33. The molecule has 0 bridgehead atoms. The zero-order chi connectivity index (χ0) is 7.15. The SMILES string of the molecule is C=C(C)C(=O)O.[Cl][Cr]. The molecule has 0 atom stereocenters. The van der Waals surface area contributed by atoms with Crippen LogP contribution < -0.4 is 0 Å². The van der Waals surface area contributed by atoms with Gasteiger partial charge in [-0.2, -0.15) is 0 Å². The van der Waals surface area contributed by atoms with Gasteiger partial charge in [0.2, 0.25) is 0 Å². The number of hydrogen-bond donors (Lipinski definition) is 1. The van der Waals surface area contributed by atoms with Crippen molar-refractivity contribution in [3.63, 3.8) is 0 Å². The Labute approximate surface area is 60.8 Å². The molecule has 0 saturated carbocycles. The monoisotopic (exact) mass is 173 g/mol. The fourth-order valence-corrected chi connectivity index (χ4v) is 0. The Bertz CT molecular complexity index is 80.0. The van der Waals surface area contributed by atoms with Gasteiger partial charge in [0.15, 0.2) is 0 Å². The molecular formula is C4H6ClCrO2. The zero-order valence-corrected chi connectivity index (χ0v) is 6.38. The molecule has 0 heterocycles. The predicted molar refractivity (Wildman–Crippen MR) is 28.3 cm³/mol. The van der Waals surface area contributed by atoms with Gasteiger partial charge in [0.25, 0.3) is 0 Å². The molecule has 0 aliphatic rings. The molecule has 0 aromatic rings. The first-order chi connectivity index (χ1) is 3.64. The van der Waals surface area contributed by atoms with Crippen molar-refractivity contribution >= 4 is 16.0 Å². The normalized spacial score (nSPS) is 6.25. The Kier molecular flexibility index (Phi) is 9.60. The molecule has 0 radical (unpaired) electrons. The summed E-state index contributed by atoms with van der Waals surface area (Å²) >= 11 is 2.10. The van der Waals surface area contributed by atoms with Crippen molar-refractivity contribution in [3.05, 3.63) is 12.2 Å². The number of halogens is 1. The van der Waals surface area contributed by atoms with E-state index in [1.807, 2.05) is 0 Å². The number of rotatable bonds is 1. The molecule has 0 amide bonds. The third-order valence-electron chi connectivity index (χ3n) is 0.365. The molecule has 0 aliphatic carbocycles. The van der Waals surface area contributed by atoms with Gasteiger partial charge in [-0.25, -0.2) is 4.79 Å². The Morgan fingerprint density at radius 1 is 1.75 bits per heavy atom. The molecule has 47 valence electrons. The van der Waals surface area contributed by atoms with Crippen molar-refractivity contribution in [1.29, 1.82) is 0 Å². The van der Waals surface area contributed by atoms with Crippen LogP contribution in [0.5, 0.6) is 0 Å². The second-order valence-electron chi connectivity index (χ2n) is 1.09. The van der Waals surface area contributed by atoms with E-state index < -0.39 is 5.97 Å². The van der Waals surface area contributed by atoms with Crippen molar-refractivity contribution in [2.45, 2.75) is 6.92 Å². The second kappa shape index (κ2) is 7.03. The van der Waals surface area contributed by atoms with E-state index in [1.165, 1.54) is 6.92 Å². The Hall–Kier alpha value is 0.0325. The summed E-state index contributed by atoms with van der Waals surface area (Å²) in [6, 6.07) is 0. The maximum absolute atomic E-state index is 9.60. The van der Waals surface area contributed by atoms with Gasteiger partial charge in [-0.05, 0) is 6.92 Å². The fraction of sp³-hybridized carbons (Fsp3) is 0.250. The van der Waals surface area contributed by atoms with Gasteiger partial charge in [-0.1, -0.05) is 6.58 Å². The number of aliphatic carboxylic acids is 1. The molecule has 0 spiro atoms. The first kappa shape index (κ1) is 10.9. The number of hydrogen-bond acceptors (Lipinski definition) is 1. The van der Waals surface area contributed by atoms with E-state index in [9.17, 15) is 4.79 Å². The standard InChI is InChI=1S/C4H6O2.ClH.Cr/c1-3(2)4(5)6;;/h1H2,2H3,(H,5,6);1H;/q;;+1/p-1. The summed E-state index contributed by atoms with van der Waals surface area (Å²) in [6.45, 7) is 4.60. The van der Waals surface area contributed by atoms with Crippen molar-refractivity contribution in [2.24, 2.45) is 0 Å². The number of carboxylic acid groups (broad SMARTS) is 1. The minimum atomic E-state index is -0.935. The summed E-state index contributed by atoms with van der Waals surface area (Å²) in [6.07, 6.45) is 0. The van der Waals surface area contributed by atoms with Gasteiger partial charge < -0.3 is 5.11 Å². The first-order valence-corrected chi connectivity index (χ1v) is 3.44. The molecule has 8 heavy (non-hydrogen) atoms. The molecule has 0 unspecified atom stereocenters. The van der Waals surface area contributed by atoms with Crippen LogP contribution in [0.4, 0.5) is 0 Å². The average Bonchev–Trinajstić information content (AvgIpc) is 1.72. The van der Waals surface area contributed by atoms with Crippen LogP contribution in [0.25, 0.3) is 0 Å². The maximum atomic E-state index is 9.60. The van der Waals surface area contributed by atoms with E-state index in [0.717, 1.165) is 0 Å². The van der Waals surface area contributed by atoms with E-state index in [-0.39, 0.29) is 5.57 Å². The summed E-state index contributed by atoms with van der Waals surface area (Å²) in [5.41, 5.74) is 0.176. The van der Waals surface area contributed by atoms with Gasteiger partial charge in [-0.15, -0.1) is 0 Å². The topological polar surface area (TPSA) is 37.3 Å². The van der Waals surface area contributed by atoms with Crippen molar-refractivity contribution < 1.29 is 25.3 Å². The van der Waals surface area contributed by atoms with E-state index in [4.69, 9.17) is 5.11 Å². The summed E-state index contributed by atoms with van der Waals surface area (Å²) in [5, 5.41) is 7.89. The summed E-state index contributed by atoms with van der Waals surface area (Å²) in [4.78, 5) is 9.60. The molecule has 1 N–H and O–H groups in total. The molecule has 0 aromatic carbocycles. The summed E-state index contributed by atoms with van der Waals surface area (Å²) < 4.78 is 0. The second-order valence-corrected chi connectivity index (χ2v) is 1.09. The Morgan fingerprint density at radius 2 is 1.88 bits per heavy atom. The van der Waals surface area contributed by atoms with Crippen LogP contribution in [0.3, 0.4) is 0 Å². The number of carboxylic acids is 1. The van der Waals surface area contributed by atoms with Gasteiger partial charge >= 0.3 is 31.4 Å². The first-order valence-electron chi connectivity index (χ1n) is 1.69. The molecule has 2 nitrogen and oxygen atoms in total. The van der Waals surface area contributed by atoms with Gasteiger partial charge in [-0.3, -0.25) is 0 Å². The molecule has 0 saturated heterocycles. The van der Waals surface area contributed by atoms with Gasteiger partial charge in [0, 0.05) is 5.57 Å². The summed E-state index contributed by atoms with van der Waals surface area (Å²) in [7, 11) is 4.51. The van der Waals surface area contributed by atoms with Crippen LogP contribution in [0, 0.1) is 0 Å². The van der Waals surface area contributed by atoms with Crippen molar-refractivity contribution in [3.8, 4) is 0 Å². The molecule has 0 rings (SSSR count). The Morgan fingerprint density at radius 3 is 1.88 bits per heavy atom. The van der Waals surface area contributed by atoms with Crippen LogP contribution in [-0.4, -0.2) is 11.1 Å². The molecular weight excluding hydrogens is 167 g/mol. The van der Waals surface area contributed by atoms with Crippen LogP contribution in [0.15, 0.2) is 12.2 Å². The third-order valence-corrected chi connectivity index (χ3v) is 0.365. The number of carbonyl (C=O) groups is 1. The minimum absolute atomic E-state index is 0.176. The van der Waals surface area contributed by atoms with Crippen LogP contribution in [0.2, 0.25) is 0 Å². The van der Waals surface area contributed by atoms with Gasteiger partial charge in [0.05, 0.1) is 0 Å². The zero-order valence-electron chi connectivity index (χ0n) is 4.35. The van der Waals surface area contributed by atoms with E-state index >= 15 is 0 Å². The third kappa shape index (κ3) is 9.40. The average molecular weight is 174 g/mol. The summed E-state index contributed by atoms with van der Waals surface area (Å²) in [5.74, 6) is -0.935. The van der Waals surface area contributed by atoms with Crippen molar-refractivity contribution in [2.75, 3.05) is 0 Å². The fourth-order valence-electron chi connectivity index (χ4n) is 0. The van der Waals surface area contributed by atoms with Crippen LogP contribution in [-0.2, 0) is 20.2 Å². The molecule has 0 aliphatic heterocycles. The van der Waals surface area contributed by atoms with Crippen LogP contribution in [0.1, 0.15) is 6.92 Å². The Balaban J connectivity index is 0. The quantitative estimate of drug-likeness (QED) is 0.608. The van der Waals surface area contributed by atoms with E-state index in [0.29, 0.717) is 0 Å². The molecule has 0 fully saturated rings. The van der Waals surface area contributed by atoms with E-state index in [1.54, 1.807) is 0 Å². The molecule has 0 aromatic heterocycles. The molecule has 4 heteroatoms. The van der Waals surface area contributed by atoms with Crippen LogP contribution >= 0.6 is 10.0 Å². The van der Waals surface area contributed by atoms with E-state index in [2.05, 4.69) is 32.0 Å². The van der Waals surface area contributed by atoms with Crippen molar-refractivity contribution in [1.82, 2.24) is 0 Å². The van der Waals surface area contributed by atoms with Gasteiger partial charge in [0.1, 0.15) is 0 Å².